The monoisotopic (exact) mass is 122 g/mol. The van der Waals surface area contributed by atoms with Gasteiger partial charge < -0.3 is 7.58 Å². The molecule has 1 rings (SSSR count). The first kappa shape index (κ1) is 4.26. The molecule has 6 heavy (non-hydrogen) atoms. The second-order valence-corrected chi connectivity index (χ2v) is 2.85. The molecule has 1 aliphatic rings. The van der Waals surface area contributed by atoms with Gasteiger partial charge in [0.25, 0.3) is 0 Å². The molecule has 1 aliphatic heterocycles. The fourth-order valence-corrected chi connectivity index (χ4v) is 0.917. The fourth-order valence-electron chi connectivity index (χ4n) is 0.160. The molecule has 0 aliphatic carbocycles. The van der Waals surface area contributed by atoms with Crippen LogP contribution in [0.5, 0.6) is 0 Å². The van der Waals surface area contributed by atoms with Crippen molar-refractivity contribution in [3.63, 3.8) is 0 Å². The Morgan fingerprint density at radius 2 is 2.17 bits per heavy atom. The highest BCUT2D eigenvalue weighted by molar-refractivity contribution is 7.02. The van der Waals surface area contributed by atoms with Gasteiger partial charge in [0.1, 0.15) is 0 Å². The second-order valence-electron chi connectivity index (χ2n) is 0.760. The third-order valence-electron chi connectivity index (χ3n) is 0.378. The van der Waals surface area contributed by atoms with Gasteiger partial charge in [-0.2, -0.15) is 10.0 Å². The molecular weight excluding hydrogens is 122 g/mol. The predicted molar refractivity (Wildman–Crippen MR) is 19.2 cm³/mol. The minimum absolute atomic E-state index is 0.637. The molecule has 0 aromatic carbocycles. The zero-order valence-corrected chi connectivity index (χ0v) is 4.59. The molecule has 0 bridgehead atoms. The molecule has 3 nitrogen and oxygen atoms in total. The molecule has 0 saturated carbocycles. The van der Waals surface area contributed by atoms with Crippen molar-refractivity contribution in [1.82, 2.24) is 0 Å². The molecular formula is CAlClO3. The van der Waals surface area contributed by atoms with Gasteiger partial charge in [0.05, 0.1) is 0 Å². The first-order valence-corrected chi connectivity index (χ1v) is 3.99. The van der Waals surface area contributed by atoms with Crippen LogP contribution in [-0.4, -0.2) is 20.0 Å². The number of hydrogen-bond acceptors (Lipinski definition) is 3. The highest BCUT2D eigenvalue weighted by atomic mass is 35.6. The SMILES string of the molecule is O=C1[O][Al]([Cl])[O]1. The van der Waals surface area contributed by atoms with Crippen LogP contribution in [0, 0.1) is 0 Å². The summed E-state index contributed by atoms with van der Waals surface area (Å²) in [5, 5.41) is 0. The summed E-state index contributed by atoms with van der Waals surface area (Å²) >= 11 is -1.90. The van der Waals surface area contributed by atoms with E-state index in [0.29, 0.717) is 0 Å². The number of carbonyl (C=O) groups is 1. The van der Waals surface area contributed by atoms with E-state index in [1.54, 1.807) is 0 Å². The second kappa shape index (κ2) is 1.30. The Labute approximate surface area is 43.1 Å². The van der Waals surface area contributed by atoms with Crippen molar-refractivity contribution < 1.29 is 12.4 Å². The van der Waals surface area contributed by atoms with Crippen molar-refractivity contribution in [3.8, 4) is 0 Å². The van der Waals surface area contributed by atoms with Gasteiger partial charge in [-0.05, 0) is 0 Å². The molecule has 0 aromatic rings. The number of hydrogen-bond donors (Lipinski definition) is 0. The van der Waals surface area contributed by atoms with Crippen LogP contribution in [0.15, 0.2) is 0 Å². The molecule has 0 atom stereocenters. The predicted octanol–water partition coefficient (Wildman–Crippen LogP) is 0.377. The Morgan fingerprint density at radius 1 is 1.67 bits per heavy atom. The first-order chi connectivity index (χ1) is 2.79. The van der Waals surface area contributed by atoms with Gasteiger partial charge in [-0.25, -0.2) is 4.79 Å². The number of carbonyl (C=O) groups excluding carboxylic acids is 1. The maximum absolute atomic E-state index is 9.62. The molecule has 0 amide bonds. The van der Waals surface area contributed by atoms with Crippen molar-refractivity contribution in [2.45, 2.75) is 0 Å². The van der Waals surface area contributed by atoms with E-state index in [0.717, 1.165) is 0 Å². The van der Waals surface area contributed by atoms with Crippen LogP contribution in [0.2, 0.25) is 0 Å². The fraction of sp³-hybridized carbons (Fsp3) is 0. The van der Waals surface area contributed by atoms with E-state index < -0.39 is 20.0 Å². The Morgan fingerprint density at radius 3 is 2.17 bits per heavy atom. The smallest absolute Gasteiger partial charge is 0.543 e. The molecule has 0 radical (unpaired) electrons. The Hall–Kier alpha value is 0.0925. The number of halogens is 1. The molecule has 1 saturated heterocycles. The molecule has 1 heterocycles. The summed E-state index contributed by atoms with van der Waals surface area (Å²) in [6.45, 7) is 0. The lowest BCUT2D eigenvalue weighted by atomic mass is 11.4. The Kier molecular flexibility index (Phi) is 0.924. The van der Waals surface area contributed by atoms with Crippen LogP contribution in [0.4, 0.5) is 4.79 Å². The maximum atomic E-state index is 9.62. The maximum Gasteiger partial charge on any atom is 1.01 e. The van der Waals surface area contributed by atoms with Crippen LogP contribution in [0.25, 0.3) is 0 Å². The average molecular weight is 122 g/mol. The van der Waals surface area contributed by atoms with E-state index in [1.165, 1.54) is 0 Å². The molecule has 0 N–H and O–H groups in total. The van der Waals surface area contributed by atoms with Crippen molar-refractivity contribution in [3.05, 3.63) is 0 Å². The largest absolute Gasteiger partial charge is 1.01 e. The van der Waals surface area contributed by atoms with E-state index in [2.05, 4.69) is 7.58 Å². The normalized spacial score (nSPS) is 18.2. The van der Waals surface area contributed by atoms with Gasteiger partial charge >= 0.3 is 20.0 Å². The summed E-state index contributed by atoms with van der Waals surface area (Å²) < 4.78 is 8.36. The zero-order valence-electron chi connectivity index (χ0n) is 2.68. The van der Waals surface area contributed by atoms with Gasteiger partial charge in [0, 0.05) is 0 Å². The Balaban J connectivity index is 2.28. The quantitative estimate of drug-likeness (QED) is 0.436. The van der Waals surface area contributed by atoms with Crippen LogP contribution in [0.3, 0.4) is 0 Å². The summed E-state index contributed by atoms with van der Waals surface area (Å²) in [4.78, 5) is 9.62. The molecule has 0 spiro atoms. The average Bonchev–Trinajstić information content (AvgIpc) is 1.33. The van der Waals surface area contributed by atoms with Crippen molar-refractivity contribution in [1.29, 1.82) is 0 Å². The lowest BCUT2D eigenvalue weighted by Crippen LogP contribution is -2.35. The van der Waals surface area contributed by atoms with E-state index in [-0.39, 0.29) is 0 Å². The summed E-state index contributed by atoms with van der Waals surface area (Å²) in [5.41, 5.74) is 0. The van der Waals surface area contributed by atoms with Crippen LogP contribution >= 0.6 is 10.0 Å². The van der Waals surface area contributed by atoms with Crippen molar-refractivity contribution in [2.75, 3.05) is 0 Å². The zero-order chi connectivity index (χ0) is 4.57. The highest BCUT2D eigenvalue weighted by Gasteiger charge is 2.45. The van der Waals surface area contributed by atoms with Crippen LogP contribution in [-0.2, 0) is 7.58 Å². The molecule has 5 heteroatoms. The standard InChI is InChI=1S/CH2O3.Al.ClH/c2-1(3)4;;/h(H2,2,3,4);;1H/q;+3;/p-3. The summed E-state index contributed by atoms with van der Waals surface area (Å²) in [5.74, 6) is 0. The van der Waals surface area contributed by atoms with Gasteiger partial charge in [-0.3, -0.25) is 0 Å². The lowest BCUT2D eigenvalue weighted by molar-refractivity contribution is 0.0977. The molecule has 0 aromatic heterocycles. The van der Waals surface area contributed by atoms with E-state index in [1.807, 2.05) is 0 Å². The summed E-state index contributed by atoms with van der Waals surface area (Å²) in [6, 6.07) is 0. The minimum atomic E-state index is -1.90. The summed E-state index contributed by atoms with van der Waals surface area (Å²) in [6.07, 6.45) is -0.637. The van der Waals surface area contributed by atoms with Gasteiger partial charge in [0.2, 0.25) is 0 Å². The summed E-state index contributed by atoms with van der Waals surface area (Å²) in [7, 11) is 5.12. The highest BCUT2D eigenvalue weighted by Crippen LogP contribution is 2.07. The Bertz CT molecular complexity index is 74.9. The minimum Gasteiger partial charge on any atom is -0.543 e. The first-order valence-electron chi connectivity index (χ1n) is 1.30. The lowest BCUT2D eigenvalue weighted by Gasteiger charge is -2.15. The van der Waals surface area contributed by atoms with Crippen molar-refractivity contribution >= 4 is 30.1 Å². The van der Waals surface area contributed by atoms with Gasteiger partial charge in [0.15, 0.2) is 0 Å². The van der Waals surface area contributed by atoms with E-state index >= 15 is 0 Å². The topological polar surface area (TPSA) is 35.5 Å². The number of rotatable bonds is 0. The van der Waals surface area contributed by atoms with E-state index in [9.17, 15) is 4.79 Å². The van der Waals surface area contributed by atoms with Gasteiger partial charge in [-0.15, -0.1) is 0 Å². The van der Waals surface area contributed by atoms with E-state index in [4.69, 9.17) is 10.0 Å². The molecule has 32 valence electrons. The van der Waals surface area contributed by atoms with Gasteiger partial charge in [-0.1, -0.05) is 0 Å². The molecule has 0 unspecified atom stereocenters. The third-order valence-corrected chi connectivity index (χ3v) is 1.67. The third kappa shape index (κ3) is 0.598. The van der Waals surface area contributed by atoms with Crippen molar-refractivity contribution in [2.24, 2.45) is 0 Å². The van der Waals surface area contributed by atoms with Crippen LogP contribution < -0.4 is 0 Å². The van der Waals surface area contributed by atoms with Crippen LogP contribution in [0.1, 0.15) is 0 Å². The molecule has 1 fully saturated rings.